The van der Waals surface area contributed by atoms with E-state index in [0.29, 0.717) is 11.4 Å². The molecule has 1 fully saturated rings. The van der Waals surface area contributed by atoms with E-state index in [1.165, 1.54) is 16.7 Å². The molecule has 2 heterocycles. The van der Waals surface area contributed by atoms with Gasteiger partial charge >= 0.3 is 12.1 Å². The second kappa shape index (κ2) is 8.78. The summed E-state index contributed by atoms with van der Waals surface area (Å²) >= 11 is 5.68. The van der Waals surface area contributed by atoms with Crippen molar-refractivity contribution < 1.29 is 37.1 Å². The molecule has 1 aromatic carbocycles. The highest BCUT2D eigenvalue weighted by molar-refractivity contribution is 6.31. The fraction of sp³-hybridized carbons (Fsp3) is 0.333. The average Bonchev–Trinajstić information content (AvgIpc) is 3.18. The van der Waals surface area contributed by atoms with Crippen LogP contribution in [0.15, 0.2) is 24.3 Å². The van der Waals surface area contributed by atoms with Crippen LogP contribution in [-0.4, -0.2) is 46.2 Å². The zero-order valence-corrected chi connectivity index (χ0v) is 17.8. The Kier molecular flexibility index (Phi) is 6.45. The maximum absolute atomic E-state index is 13.2. The van der Waals surface area contributed by atoms with Crippen LogP contribution in [0.25, 0.3) is 5.69 Å². The Bertz CT molecular complexity index is 1110. The highest BCUT2D eigenvalue weighted by atomic mass is 35.5. The van der Waals surface area contributed by atoms with Crippen molar-refractivity contribution in [2.75, 3.05) is 13.2 Å². The predicted octanol–water partition coefficient (Wildman–Crippen LogP) is 3.64. The first-order valence-corrected chi connectivity index (χ1v) is 9.86. The Labute approximate surface area is 185 Å². The Hall–Kier alpha value is -3.14. The number of esters is 1. The van der Waals surface area contributed by atoms with E-state index in [1.807, 2.05) is 0 Å². The molecule has 32 heavy (non-hydrogen) atoms. The molecule has 0 unspecified atom stereocenters. The molecule has 1 aromatic heterocycles. The topological polar surface area (TPSA) is 85.7 Å². The van der Waals surface area contributed by atoms with Crippen molar-refractivity contribution in [3.63, 3.8) is 0 Å². The number of nitrogens with zero attached hydrogens (tertiary/aromatic N) is 2. The molecule has 0 atom stereocenters. The van der Waals surface area contributed by atoms with Gasteiger partial charge in [-0.05, 0) is 38.1 Å². The normalized spacial score (nSPS) is 14.2. The zero-order valence-electron chi connectivity index (χ0n) is 17.1. The van der Waals surface area contributed by atoms with Gasteiger partial charge in [0.05, 0.1) is 10.6 Å². The van der Waals surface area contributed by atoms with Crippen molar-refractivity contribution in [1.29, 1.82) is 0 Å². The molecule has 1 aliphatic rings. The van der Waals surface area contributed by atoms with Crippen LogP contribution in [0.3, 0.4) is 0 Å². The number of likely N-dealkylation sites (tertiary alicyclic amines) is 1. The lowest BCUT2D eigenvalue weighted by Crippen LogP contribution is -2.35. The summed E-state index contributed by atoms with van der Waals surface area (Å²) in [6.07, 6.45) is -4.59. The van der Waals surface area contributed by atoms with Gasteiger partial charge in [-0.2, -0.15) is 13.2 Å². The molecule has 11 heteroatoms. The van der Waals surface area contributed by atoms with Crippen LogP contribution in [0.2, 0.25) is 5.02 Å². The van der Waals surface area contributed by atoms with Crippen LogP contribution in [0, 0.1) is 13.8 Å². The molecule has 1 saturated heterocycles. The third-order valence-corrected chi connectivity index (χ3v) is 5.38. The third kappa shape index (κ3) is 4.69. The van der Waals surface area contributed by atoms with E-state index < -0.39 is 53.5 Å². The van der Waals surface area contributed by atoms with Crippen molar-refractivity contribution in [2.24, 2.45) is 0 Å². The second-order valence-electron chi connectivity index (χ2n) is 7.24. The summed E-state index contributed by atoms with van der Waals surface area (Å²) in [5, 5.41) is -0.443. The van der Waals surface area contributed by atoms with Crippen molar-refractivity contribution >= 4 is 35.2 Å². The van der Waals surface area contributed by atoms with Gasteiger partial charge in [0.25, 0.3) is 0 Å². The van der Waals surface area contributed by atoms with Gasteiger partial charge in [0.2, 0.25) is 17.6 Å². The van der Waals surface area contributed by atoms with E-state index >= 15 is 0 Å². The van der Waals surface area contributed by atoms with Crippen molar-refractivity contribution in [3.05, 3.63) is 51.8 Å². The molecule has 170 valence electrons. The molecule has 0 saturated carbocycles. The quantitative estimate of drug-likeness (QED) is 0.365. The molecule has 7 nitrogen and oxygen atoms in total. The van der Waals surface area contributed by atoms with Gasteiger partial charge in [-0.15, -0.1) is 0 Å². The van der Waals surface area contributed by atoms with Crippen LogP contribution < -0.4 is 0 Å². The number of halogens is 4. The first-order valence-electron chi connectivity index (χ1n) is 9.48. The highest BCUT2D eigenvalue weighted by Gasteiger charge is 2.34. The van der Waals surface area contributed by atoms with E-state index in [-0.39, 0.29) is 24.1 Å². The van der Waals surface area contributed by atoms with E-state index in [9.17, 15) is 32.3 Å². The molecule has 0 radical (unpaired) electrons. The number of ether oxygens (including phenoxy) is 1. The minimum atomic E-state index is -4.65. The van der Waals surface area contributed by atoms with Crippen LogP contribution in [-0.2, 0) is 25.3 Å². The lowest BCUT2D eigenvalue weighted by Gasteiger charge is -2.14. The summed E-state index contributed by atoms with van der Waals surface area (Å²) in [6, 6.07) is 4.89. The van der Waals surface area contributed by atoms with Gasteiger partial charge in [0.1, 0.15) is 6.54 Å². The van der Waals surface area contributed by atoms with Crippen LogP contribution in [0.4, 0.5) is 13.2 Å². The minimum Gasteiger partial charge on any atom is -0.456 e. The summed E-state index contributed by atoms with van der Waals surface area (Å²) < 4.78 is 46.0. The Balaban J connectivity index is 1.76. The first-order chi connectivity index (χ1) is 14.9. The lowest BCUT2D eigenvalue weighted by atomic mass is 10.1. The summed E-state index contributed by atoms with van der Waals surface area (Å²) in [5.41, 5.74) is 0.160. The number of alkyl halides is 3. The number of carbonyl (C=O) groups is 4. The number of imide groups is 1. The number of ketones is 1. The summed E-state index contributed by atoms with van der Waals surface area (Å²) in [5.74, 6) is -2.46. The Morgan fingerprint density at radius 2 is 1.72 bits per heavy atom. The molecular formula is C21H18ClF3N2O5. The monoisotopic (exact) mass is 470 g/mol. The van der Waals surface area contributed by atoms with Crippen LogP contribution in [0.1, 0.15) is 40.2 Å². The summed E-state index contributed by atoms with van der Waals surface area (Å²) in [6.45, 7) is 1.94. The molecule has 3 rings (SSSR count). The molecular weight excluding hydrogens is 453 g/mol. The van der Waals surface area contributed by atoms with Gasteiger partial charge in [0.15, 0.2) is 6.61 Å². The molecule has 0 spiro atoms. The highest BCUT2D eigenvalue weighted by Crippen LogP contribution is 2.36. The molecule has 0 N–H and O–H groups in total. The average molecular weight is 471 g/mol. The lowest BCUT2D eigenvalue weighted by molar-refractivity contribution is -0.151. The van der Waals surface area contributed by atoms with Gasteiger partial charge in [-0.1, -0.05) is 11.6 Å². The molecule has 2 aromatic rings. The minimum absolute atomic E-state index is 0.0256. The third-order valence-electron chi connectivity index (χ3n) is 5.05. The maximum atomic E-state index is 13.2. The van der Waals surface area contributed by atoms with E-state index in [0.717, 1.165) is 17.0 Å². The van der Waals surface area contributed by atoms with Crippen molar-refractivity contribution in [2.45, 2.75) is 32.9 Å². The number of carbonyl (C=O) groups excluding carboxylic acids is 4. The number of Topliss-reactive ketones (excluding diaryl/α,β-unsaturated/α-hetero) is 1. The van der Waals surface area contributed by atoms with Gasteiger partial charge in [-0.25, -0.2) is 0 Å². The first kappa shape index (κ1) is 23.5. The number of benzene rings is 1. The van der Waals surface area contributed by atoms with Crippen LogP contribution >= 0.6 is 11.6 Å². The SMILES string of the molecule is Cc1cc(C(=O)COC(=O)CN2C(=O)CCC2=O)c(C)n1-c1ccc(Cl)c(C(F)(F)F)c1. The molecule has 0 aliphatic carbocycles. The predicted molar refractivity (Wildman–Crippen MR) is 106 cm³/mol. The molecule has 1 aliphatic heterocycles. The number of amides is 2. The number of aryl methyl sites for hydroxylation is 1. The molecule has 2 amide bonds. The van der Waals surface area contributed by atoms with Crippen molar-refractivity contribution in [1.82, 2.24) is 9.47 Å². The van der Waals surface area contributed by atoms with Gasteiger partial charge in [0, 0.05) is 35.5 Å². The standard InChI is InChI=1S/C21H18ClF3N2O5/c1-11-7-14(17(28)10-32-20(31)9-26-18(29)5-6-19(26)30)12(2)27(11)13-3-4-16(22)15(8-13)21(23,24)25/h3-4,7-8H,5-6,9-10H2,1-2H3. The summed E-state index contributed by atoms with van der Waals surface area (Å²) in [7, 11) is 0. The zero-order chi connectivity index (χ0) is 23.8. The van der Waals surface area contributed by atoms with Gasteiger partial charge < -0.3 is 9.30 Å². The van der Waals surface area contributed by atoms with Crippen LogP contribution in [0.5, 0.6) is 0 Å². The van der Waals surface area contributed by atoms with E-state index in [2.05, 4.69) is 0 Å². The van der Waals surface area contributed by atoms with Crippen molar-refractivity contribution in [3.8, 4) is 5.69 Å². The Morgan fingerprint density at radius 1 is 1.09 bits per heavy atom. The maximum Gasteiger partial charge on any atom is 0.417 e. The fourth-order valence-corrected chi connectivity index (χ4v) is 3.73. The van der Waals surface area contributed by atoms with E-state index in [4.69, 9.17) is 16.3 Å². The smallest absolute Gasteiger partial charge is 0.417 e. The van der Waals surface area contributed by atoms with E-state index in [1.54, 1.807) is 13.8 Å². The number of hydrogen-bond donors (Lipinski definition) is 0. The summed E-state index contributed by atoms with van der Waals surface area (Å²) in [4.78, 5) is 48.4. The second-order valence-corrected chi connectivity index (χ2v) is 7.65. The Morgan fingerprint density at radius 3 is 2.31 bits per heavy atom. The number of aromatic nitrogens is 1. The number of hydrogen-bond acceptors (Lipinski definition) is 5. The van der Waals surface area contributed by atoms with Gasteiger partial charge in [-0.3, -0.25) is 24.1 Å². The number of rotatable bonds is 6. The largest absolute Gasteiger partial charge is 0.456 e. The fourth-order valence-electron chi connectivity index (χ4n) is 3.51. The molecule has 0 bridgehead atoms.